The van der Waals surface area contributed by atoms with Gasteiger partial charge in [0.25, 0.3) is 5.56 Å². The van der Waals surface area contributed by atoms with Crippen molar-refractivity contribution in [3.63, 3.8) is 0 Å². The van der Waals surface area contributed by atoms with E-state index in [0.717, 1.165) is 11.3 Å². The Balaban J connectivity index is 1.81. The van der Waals surface area contributed by atoms with Crippen LogP contribution in [0, 0.1) is 5.82 Å². The second-order valence-corrected chi connectivity index (χ2v) is 6.60. The Morgan fingerprint density at radius 3 is 2.50 bits per heavy atom. The molecule has 26 heavy (non-hydrogen) atoms. The summed E-state index contributed by atoms with van der Waals surface area (Å²) in [5.74, 6) is 0.297. The van der Waals surface area contributed by atoms with Crippen LogP contribution in [-0.4, -0.2) is 14.5 Å². The normalized spacial score (nSPS) is 11.0. The van der Waals surface area contributed by atoms with Crippen molar-refractivity contribution in [1.82, 2.24) is 14.5 Å². The molecule has 4 nitrogen and oxygen atoms in total. The van der Waals surface area contributed by atoms with Gasteiger partial charge in [-0.15, -0.1) is 0 Å². The number of rotatable bonds is 4. The first-order valence-corrected chi connectivity index (χ1v) is 9.01. The van der Waals surface area contributed by atoms with E-state index < -0.39 is 0 Å². The van der Waals surface area contributed by atoms with E-state index in [0.29, 0.717) is 21.9 Å². The SMILES string of the molecule is O=c1c2cccnc2nc(SCc2ccc(F)cc2)n1-c1ccccc1. The van der Waals surface area contributed by atoms with Crippen molar-refractivity contribution in [2.75, 3.05) is 0 Å². The summed E-state index contributed by atoms with van der Waals surface area (Å²) in [5.41, 5.74) is 1.96. The van der Waals surface area contributed by atoms with E-state index in [9.17, 15) is 9.18 Å². The zero-order valence-corrected chi connectivity index (χ0v) is 14.5. The number of fused-ring (bicyclic) bond motifs is 1. The summed E-state index contributed by atoms with van der Waals surface area (Å²) >= 11 is 1.42. The monoisotopic (exact) mass is 363 g/mol. The molecule has 0 unspecified atom stereocenters. The van der Waals surface area contributed by atoms with Crippen LogP contribution in [0.4, 0.5) is 4.39 Å². The first kappa shape index (κ1) is 16.5. The van der Waals surface area contributed by atoms with E-state index in [4.69, 9.17) is 0 Å². The standard InChI is InChI=1S/C20H14FN3OS/c21-15-10-8-14(9-11-15)13-26-20-23-18-17(7-4-12-22-18)19(25)24(20)16-5-2-1-3-6-16/h1-12H,13H2. The van der Waals surface area contributed by atoms with Crippen LogP contribution in [0.3, 0.4) is 0 Å². The number of aromatic nitrogens is 3. The van der Waals surface area contributed by atoms with Gasteiger partial charge in [-0.2, -0.15) is 0 Å². The van der Waals surface area contributed by atoms with E-state index in [2.05, 4.69) is 9.97 Å². The number of benzene rings is 2. The number of pyridine rings is 1. The lowest BCUT2D eigenvalue weighted by Crippen LogP contribution is -2.22. The molecule has 0 fully saturated rings. The molecule has 2 aromatic heterocycles. The average molecular weight is 363 g/mol. The van der Waals surface area contributed by atoms with Crippen molar-refractivity contribution in [2.24, 2.45) is 0 Å². The predicted octanol–water partition coefficient (Wildman–Crippen LogP) is 4.21. The highest BCUT2D eigenvalue weighted by molar-refractivity contribution is 7.98. The zero-order chi connectivity index (χ0) is 17.9. The summed E-state index contributed by atoms with van der Waals surface area (Å²) in [6.45, 7) is 0. The van der Waals surface area contributed by atoms with Crippen LogP contribution < -0.4 is 5.56 Å². The highest BCUT2D eigenvalue weighted by atomic mass is 32.2. The number of thioether (sulfide) groups is 1. The first-order valence-electron chi connectivity index (χ1n) is 8.03. The minimum absolute atomic E-state index is 0.157. The van der Waals surface area contributed by atoms with Crippen molar-refractivity contribution >= 4 is 22.8 Å². The molecule has 2 aromatic carbocycles. The smallest absolute Gasteiger partial charge is 0.268 e. The fourth-order valence-corrected chi connectivity index (χ4v) is 3.59. The Labute approximate surface area is 153 Å². The maximum absolute atomic E-state index is 13.1. The number of nitrogens with zero attached hydrogens (tertiary/aromatic N) is 3. The molecule has 0 bridgehead atoms. The van der Waals surface area contributed by atoms with E-state index in [1.54, 1.807) is 35.0 Å². The van der Waals surface area contributed by atoms with Gasteiger partial charge in [-0.25, -0.2) is 14.4 Å². The Hall–Kier alpha value is -2.99. The number of hydrogen-bond acceptors (Lipinski definition) is 4. The first-order chi connectivity index (χ1) is 12.7. The van der Waals surface area contributed by atoms with E-state index in [-0.39, 0.29) is 11.4 Å². The highest BCUT2D eigenvalue weighted by Gasteiger charge is 2.13. The van der Waals surface area contributed by atoms with Crippen LogP contribution in [0.2, 0.25) is 0 Å². The molecule has 4 rings (SSSR count). The highest BCUT2D eigenvalue weighted by Crippen LogP contribution is 2.24. The molecular weight excluding hydrogens is 349 g/mol. The maximum atomic E-state index is 13.1. The number of para-hydroxylation sites is 1. The third-order valence-corrected chi connectivity index (χ3v) is 4.92. The van der Waals surface area contributed by atoms with Crippen LogP contribution in [-0.2, 0) is 5.75 Å². The summed E-state index contributed by atoms with van der Waals surface area (Å²) in [6, 6.07) is 19.2. The van der Waals surface area contributed by atoms with Crippen LogP contribution in [0.15, 0.2) is 82.9 Å². The van der Waals surface area contributed by atoms with Crippen molar-refractivity contribution in [1.29, 1.82) is 0 Å². The summed E-state index contributed by atoms with van der Waals surface area (Å²) < 4.78 is 14.7. The van der Waals surface area contributed by atoms with E-state index >= 15 is 0 Å². The molecule has 2 heterocycles. The van der Waals surface area contributed by atoms with Crippen molar-refractivity contribution in [3.05, 3.63) is 94.7 Å². The summed E-state index contributed by atoms with van der Waals surface area (Å²) in [6.07, 6.45) is 1.62. The lowest BCUT2D eigenvalue weighted by molar-refractivity contribution is 0.627. The predicted molar refractivity (Wildman–Crippen MR) is 101 cm³/mol. The van der Waals surface area contributed by atoms with Crippen molar-refractivity contribution < 1.29 is 4.39 Å². The molecule has 0 saturated carbocycles. The molecule has 6 heteroatoms. The Morgan fingerprint density at radius 1 is 0.962 bits per heavy atom. The summed E-state index contributed by atoms with van der Waals surface area (Å²) in [7, 11) is 0. The van der Waals surface area contributed by atoms with E-state index in [1.807, 2.05) is 30.3 Å². The second-order valence-electron chi connectivity index (χ2n) is 5.66. The van der Waals surface area contributed by atoms with Gasteiger partial charge in [0.2, 0.25) is 0 Å². The fourth-order valence-electron chi connectivity index (χ4n) is 2.63. The fraction of sp³-hybridized carbons (Fsp3) is 0.0500. The van der Waals surface area contributed by atoms with Gasteiger partial charge in [0, 0.05) is 11.9 Å². The van der Waals surface area contributed by atoms with Crippen LogP contribution >= 0.6 is 11.8 Å². The molecule has 0 N–H and O–H groups in total. The Bertz CT molecular complexity index is 1110. The third kappa shape index (κ3) is 3.23. The van der Waals surface area contributed by atoms with Crippen LogP contribution in [0.1, 0.15) is 5.56 Å². The van der Waals surface area contributed by atoms with Gasteiger partial charge in [-0.05, 0) is 42.0 Å². The van der Waals surface area contributed by atoms with Crippen LogP contribution in [0.25, 0.3) is 16.7 Å². The average Bonchev–Trinajstić information content (AvgIpc) is 2.68. The number of halogens is 1. The molecule has 128 valence electrons. The van der Waals surface area contributed by atoms with Gasteiger partial charge in [0.15, 0.2) is 10.8 Å². The molecule has 0 atom stereocenters. The molecule has 0 aliphatic carbocycles. The largest absolute Gasteiger partial charge is 0.268 e. The van der Waals surface area contributed by atoms with Crippen LogP contribution in [0.5, 0.6) is 0 Å². The van der Waals surface area contributed by atoms with Gasteiger partial charge in [0.05, 0.1) is 11.1 Å². The van der Waals surface area contributed by atoms with Crippen molar-refractivity contribution in [3.8, 4) is 5.69 Å². The van der Waals surface area contributed by atoms with Gasteiger partial charge in [-0.3, -0.25) is 9.36 Å². The molecule has 0 radical (unpaired) electrons. The van der Waals surface area contributed by atoms with Crippen molar-refractivity contribution in [2.45, 2.75) is 10.9 Å². The van der Waals surface area contributed by atoms with Gasteiger partial charge >= 0.3 is 0 Å². The maximum Gasteiger partial charge on any atom is 0.268 e. The van der Waals surface area contributed by atoms with E-state index in [1.165, 1.54) is 23.9 Å². The van der Waals surface area contributed by atoms with Gasteiger partial charge in [-0.1, -0.05) is 42.1 Å². The molecule has 0 aliphatic heterocycles. The Morgan fingerprint density at radius 2 is 1.73 bits per heavy atom. The minimum atomic E-state index is -0.270. The summed E-state index contributed by atoms with van der Waals surface area (Å²) in [4.78, 5) is 21.8. The van der Waals surface area contributed by atoms with Gasteiger partial charge < -0.3 is 0 Å². The molecule has 0 aliphatic rings. The lowest BCUT2D eigenvalue weighted by Gasteiger charge is -2.12. The zero-order valence-electron chi connectivity index (χ0n) is 13.7. The molecular formula is C20H14FN3OS. The topological polar surface area (TPSA) is 47.8 Å². The van der Waals surface area contributed by atoms with Gasteiger partial charge in [0.1, 0.15) is 5.82 Å². The Kier molecular flexibility index (Phi) is 4.50. The second kappa shape index (κ2) is 7.09. The molecule has 0 amide bonds. The molecule has 0 saturated heterocycles. The lowest BCUT2D eigenvalue weighted by atomic mass is 10.2. The number of hydrogen-bond donors (Lipinski definition) is 0. The molecule has 0 spiro atoms. The summed E-state index contributed by atoms with van der Waals surface area (Å²) in [5, 5.41) is 1.03. The minimum Gasteiger partial charge on any atom is -0.268 e. The quantitative estimate of drug-likeness (QED) is 0.402. The third-order valence-electron chi connectivity index (χ3n) is 3.91. The molecule has 4 aromatic rings.